The van der Waals surface area contributed by atoms with Crippen molar-refractivity contribution >= 4 is 44.1 Å². The zero-order valence-electron chi connectivity index (χ0n) is 14.6. The summed E-state index contributed by atoms with van der Waals surface area (Å²) in [5.41, 5.74) is 0.397. The lowest BCUT2D eigenvalue weighted by atomic mass is 10.0. The molecule has 136 valence electrons. The van der Waals surface area contributed by atoms with Crippen LogP contribution in [0.25, 0.3) is 10.9 Å². The molecule has 3 rings (SSSR count). The zero-order chi connectivity index (χ0) is 18.7. The molecule has 1 N–H and O–H groups in total. The van der Waals surface area contributed by atoms with E-state index in [0.29, 0.717) is 16.8 Å². The Hall–Kier alpha value is -1.99. The van der Waals surface area contributed by atoms with Crippen molar-refractivity contribution in [3.8, 4) is 0 Å². The second-order valence-corrected chi connectivity index (χ2v) is 8.50. The molecule has 2 heterocycles. The first-order valence-electron chi connectivity index (χ1n) is 8.41. The summed E-state index contributed by atoms with van der Waals surface area (Å²) in [4.78, 5) is 30.6. The highest BCUT2D eigenvalue weighted by atomic mass is 79.9. The molecule has 7 heteroatoms. The lowest BCUT2D eigenvalue weighted by molar-refractivity contribution is -0.122. The third-order valence-corrected chi connectivity index (χ3v) is 5.51. The molecule has 1 aromatic carbocycles. The number of hydrogen-bond donors (Lipinski definition) is 1. The molecule has 0 aliphatic heterocycles. The van der Waals surface area contributed by atoms with Gasteiger partial charge in [-0.3, -0.25) is 14.2 Å². The summed E-state index contributed by atoms with van der Waals surface area (Å²) in [6.45, 7) is 4.21. The number of rotatable bonds is 6. The van der Waals surface area contributed by atoms with Gasteiger partial charge in [0, 0.05) is 9.35 Å². The number of thiophene rings is 1. The number of benzene rings is 1. The van der Waals surface area contributed by atoms with Crippen LogP contribution in [0.3, 0.4) is 0 Å². The topological polar surface area (TPSA) is 64.0 Å². The van der Waals surface area contributed by atoms with Gasteiger partial charge in [0.1, 0.15) is 6.54 Å². The summed E-state index contributed by atoms with van der Waals surface area (Å²) in [5, 5.41) is 5.56. The van der Waals surface area contributed by atoms with E-state index < -0.39 is 0 Å². The van der Waals surface area contributed by atoms with Gasteiger partial charge >= 0.3 is 0 Å². The van der Waals surface area contributed by atoms with Gasteiger partial charge in [-0.05, 0) is 42.0 Å². The molecule has 0 aliphatic carbocycles. The molecule has 0 aliphatic rings. The first-order valence-corrected chi connectivity index (χ1v) is 10.1. The van der Waals surface area contributed by atoms with Crippen LogP contribution in [-0.4, -0.2) is 15.5 Å². The number of carbonyl (C=O) groups is 1. The molecule has 1 atom stereocenters. The van der Waals surface area contributed by atoms with Crippen LogP contribution in [0.2, 0.25) is 0 Å². The molecule has 2 aromatic heterocycles. The molecule has 0 spiro atoms. The minimum absolute atomic E-state index is 0.0410. The number of fused-ring (bicyclic) bond motifs is 1. The summed E-state index contributed by atoms with van der Waals surface area (Å²) in [6, 6.07) is 9.31. The lowest BCUT2D eigenvalue weighted by Gasteiger charge is -2.20. The van der Waals surface area contributed by atoms with Crippen molar-refractivity contribution in [1.82, 2.24) is 14.9 Å². The first kappa shape index (κ1) is 18.8. The second kappa shape index (κ2) is 8.14. The third-order valence-electron chi connectivity index (χ3n) is 4.03. The Morgan fingerprint density at radius 3 is 2.85 bits per heavy atom. The monoisotopic (exact) mass is 433 g/mol. The van der Waals surface area contributed by atoms with Crippen molar-refractivity contribution in [3.05, 3.63) is 61.7 Å². The van der Waals surface area contributed by atoms with Gasteiger partial charge in [0.05, 0.1) is 23.3 Å². The number of aromatic nitrogens is 2. The maximum Gasteiger partial charge on any atom is 0.261 e. The highest BCUT2D eigenvalue weighted by Crippen LogP contribution is 2.25. The van der Waals surface area contributed by atoms with E-state index in [1.54, 1.807) is 23.5 Å². The average molecular weight is 434 g/mol. The number of amides is 1. The van der Waals surface area contributed by atoms with Crippen LogP contribution in [0.15, 0.2) is 51.3 Å². The van der Waals surface area contributed by atoms with Crippen LogP contribution < -0.4 is 10.9 Å². The van der Waals surface area contributed by atoms with Crippen LogP contribution in [-0.2, 0) is 11.3 Å². The van der Waals surface area contributed by atoms with E-state index in [1.165, 1.54) is 10.9 Å². The number of nitrogens with zero attached hydrogens (tertiary/aromatic N) is 2. The second-order valence-electron chi connectivity index (χ2n) is 6.60. The number of carbonyl (C=O) groups excluding carboxylic acids is 1. The van der Waals surface area contributed by atoms with E-state index in [1.807, 2.05) is 23.6 Å². The highest BCUT2D eigenvalue weighted by Gasteiger charge is 2.18. The predicted octanol–water partition coefficient (Wildman–Crippen LogP) is 4.12. The molecule has 0 saturated heterocycles. The Morgan fingerprint density at radius 1 is 1.35 bits per heavy atom. The smallest absolute Gasteiger partial charge is 0.261 e. The largest absolute Gasteiger partial charge is 0.347 e. The Balaban J connectivity index is 1.79. The minimum Gasteiger partial charge on any atom is -0.347 e. The van der Waals surface area contributed by atoms with Crippen LogP contribution in [0.1, 0.15) is 31.2 Å². The van der Waals surface area contributed by atoms with Crippen molar-refractivity contribution in [2.75, 3.05) is 0 Å². The van der Waals surface area contributed by atoms with Crippen LogP contribution in [0.5, 0.6) is 0 Å². The maximum atomic E-state index is 12.6. The fourth-order valence-electron chi connectivity index (χ4n) is 2.85. The maximum absolute atomic E-state index is 12.6. The molecule has 0 fully saturated rings. The third kappa shape index (κ3) is 4.40. The van der Waals surface area contributed by atoms with Crippen molar-refractivity contribution in [1.29, 1.82) is 0 Å². The van der Waals surface area contributed by atoms with Gasteiger partial charge in [0.25, 0.3) is 5.56 Å². The van der Waals surface area contributed by atoms with E-state index in [2.05, 4.69) is 40.1 Å². The average Bonchev–Trinajstić information content (AvgIpc) is 3.11. The normalized spacial score (nSPS) is 12.5. The summed E-state index contributed by atoms with van der Waals surface area (Å²) in [6.07, 6.45) is 2.28. The molecule has 1 unspecified atom stereocenters. The Labute approximate surface area is 164 Å². The number of hydrogen-bond acceptors (Lipinski definition) is 4. The molecular weight excluding hydrogens is 414 g/mol. The Kier molecular flexibility index (Phi) is 5.88. The lowest BCUT2D eigenvalue weighted by Crippen LogP contribution is -2.35. The Bertz CT molecular complexity index is 967. The van der Waals surface area contributed by atoms with Crippen molar-refractivity contribution in [2.24, 2.45) is 5.92 Å². The fraction of sp³-hybridized carbons (Fsp3) is 0.316. The molecule has 26 heavy (non-hydrogen) atoms. The van der Waals surface area contributed by atoms with E-state index in [9.17, 15) is 9.59 Å². The van der Waals surface area contributed by atoms with Gasteiger partial charge in [-0.15, -0.1) is 11.3 Å². The van der Waals surface area contributed by atoms with Gasteiger partial charge in [-0.1, -0.05) is 35.8 Å². The SMILES string of the molecule is CC(C)CC(NC(=O)Cn1cnc2ccc(Br)cc2c1=O)c1cccs1. The fourth-order valence-corrected chi connectivity index (χ4v) is 4.00. The summed E-state index contributed by atoms with van der Waals surface area (Å²) in [5.74, 6) is 0.257. The first-order chi connectivity index (χ1) is 12.4. The molecular formula is C19H20BrN3O2S. The van der Waals surface area contributed by atoms with Crippen LogP contribution in [0, 0.1) is 5.92 Å². The molecule has 0 saturated carbocycles. The molecule has 3 aromatic rings. The van der Waals surface area contributed by atoms with Crippen LogP contribution >= 0.6 is 27.3 Å². The van der Waals surface area contributed by atoms with Gasteiger partial charge in [-0.25, -0.2) is 4.98 Å². The molecule has 1 amide bonds. The minimum atomic E-state index is -0.219. The number of nitrogens with one attached hydrogen (secondary N) is 1. The Morgan fingerprint density at radius 2 is 2.15 bits per heavy atom. The van der Waals surface area contributed by atoms with E-state index in [-0.39, 0.29) is 24.1 Å². The summed E-state index contributed by atoms with van der Waals surface area (Å²) < 4.78 is 2.16. The standard InChI is InChI=1S/C19H20BrN3O2S/c1-12(2)8-16(17-4-3-7-26-17)22-18(24)10-23-11-21-15-6-5-13(20)9-14(15)19(23)25/h3-7,9,11-12,16H,8,10H2,1-2H3,(H,22,24). The molecule has 5 nitrogen and oxygen atoms in total. The van der Waals surface area contributed by atoms with Gasteiger partial charge in [-0.2, -0.15) is 0 Å². The van der Waals surface area contributed by atoms with E-state index >= 15 is 0 Å². The molecule has 0 radical (unpaired) electrons. The number of halogens is 1. The quantitative estimate of drug-likeness (QED) is 0.635. The summed E-state index contributed by atoms with van der Waals surface area (Å²) >= 11 is 4.99. The van der Waals surface area contributed by atoms with Crippen molar-refractivity contribution in [2.45, 2.75) is 32.9 Å². The van der Waals surface area contributed by atoms with E-state index in [0.717, 1.165) is 15.8 Å². The molecule has 0 bridgehead atoms. The summed E-state index contributed by atoms with van der Waals surface area (Å²) in [7, 11) is 0. The highest BCUT2D eigenvalue weighted by molar-refractivity contribution is 9.10. The predicted molar refractivity (Wildman–Crippen MR) is 108 cm³/mol. The zero-order valence-corrected chi connectivity index (χ0v) is 17.0. The van der Waals surface area contributed by atoms with Crippen LogP contribution in [0.4, 0.5) is 0 Å². The van der Waals surface area contributed by atoms with E-state index in [4.69, 9.17) is 0 Å². The van der Waals surface area contributed by atoms with Crippen molar-refractivity contribution in [3.63, 3.8) is 0 Å². The van der Waals surface area contributed by atoms with Gasteiger partial charge < -0.3 is 5.32 Å². The van der Waals surface area contributed by atoms with Gasteiger partial charge in [0.15, 0.2) is 0 Å². The van der Waals surface area contributed by atoms with Gasteiger partial charge in [0.2, 0.25) is 5.91 Å². The van der Waals surface area contributed by atoms with Crippen molar-refractivity contribution < 1.29 is 4.79 Å².